The molecule has 0 fully saturated rings. The van der Waals surface area contributed by atoms with Crippen LogP contribution in [0.3, 0.4) is 0 Å². The van der Waals surface area contributed by atoms with Gasteiger partial charge in [0.25, 0.3) is 30.4 Å². The Morgan fingerprint density at radius 1 is 0.931 bits per heavy atom. The molecule has 2 aromatic carbocycles. The van der Waals surface area contributed by atoms with Gasteiger partial charge in [-0.15, -0.1) is 0 Å². The van der Waals surface area contributed by atoms with E-state index in [2.05, 4.69) is 4.99 Å². The van der Waals surface area contributed by atoms with Crippen LogP contribution in [0.25, 0.3) is 10.8 Å². The second-order valence-corrected chi connectivity index (χ2v) is 10.8. The highest BCUT2D eigenvalue weighted by Gasteiger charge is 2.21. The fourth-order valence-electron chi connectivity index (χ4n) is 2.76. The van der Waals surface area contributed by atoms with E-state index in [1.165, 1.54) is 12.1 Å². The summed E-state index contributed by atoms with van der Waals surface area (Å²) in [5, 5.41) is 0.181. The van der Waals surface area contributed by atoms with Crippen molar-refractivity contribution < 1.29 is 38.9 Å². The van der Waals surface area contributed by atoms with Gasteiger partial charge in [-0.05, 0) is 55.8 Å². The van der Waals surface area contributed by atoms with Gasteiger partial charge in [-0.2, -0.15) is 25.3 Å². The third-order valence-corrected chi connectivity index (χ3v) is 6.67. The quantitative estimate of drug-likeness (QED) is 0.409. The maximum atomic E-state index is 11.7. The van der Waals surface area contributed by atoms with Crippen LogP contribution >= 0.6 is 0 Å². The van der Waals surface area contributed by atoms with E-state index in [0.29, 0.717) is 23.0 Å². The Bertz CT molecular complexity index is 1310. The molecule has 10 nitrogen and oxygen atoms in total. The van der Waals surface area contributed by atoms with E-state index in [-0.39, 0.29) is 23.6 Å². The number of nitrogens with zero attached hydrogens (tertiary/aromatic N) is 1. The molecule has 0 aliphatic rings. The minimum absolute atomic E-state index is 0.0420. The molecule has 29 heavy (non-hydrogen) atoms. The summed E-state index contributed by atoms with van der Waals surface area (Å²) in [6.45, 7) is 3.18. The normalized spacial score (nSPS) is 13.8. The van der Waals surface area contributed by atoms with E-state index in [1.54, 1.807) is 13.8 Å². The smallest absolute Gasteiger partial charge is 0.286 e. The summed E-state index contributed by atoms with van der Waals surface area (Å²) in [5.41, 5.74) is 1.26. The Balaban J connectivity index is 2.61. The van der Waals surface area contributed by atoms with Gasteiger partial charge in [0, 0.05) is 11.1 Å². The summed E-state index contributed by atoms with van der Waals surface area (Å²) in [7, 11) is -13.6. The zero-order chi connectivity index (χ0) is 22.2. The van der Waals surface area contributed by atoms with E-state index in [1.807, 2.05) is 0 Å². The van der Waals surface area contributed by atoms with Crippen LogP contribution in [0.2, 0.25) is 0 Å². The van der Waals surface area contributed by atoms with E-state index in [9.17, 15) is 34.4 Å². The monoisotopic (exact) mass is 465 g/mol. The molecule has 0 aromatic heterocycles. The van der Waals surface area contributed by atoms with Crippen molar-refractivity contribution in [1.29, 1.82) is 0 Å². The van der Waals surface area contributed by atoms with Gasteiger partial charge in [0.15, 0.2) is 0 Å². The molecular formula is C16H19NO9S3. The number of hydrogen-bond acceptors (Lipinski definition) is 7. The zero-order valence-electron chi connectivity index (χ0n) is 15.4. The first-order chi connectivity index (χ1) is 13.1. The Morgan fingerprint density at radius 3 is 2.07 bits per heavy atom. The number of hydrogen-bond donors (Lipinski definition) is 3. The maximum Gasteiger partial charge on any atom is 0.295 e. The molecule has 0 radical (unpaired) electrons. The van der Waals surface area contributed by atoms with E-state index in [0.717, 1.165) is 6.07 Å². The fraction of sp³-hybridized carbons (Fsp3) is 0.312. The van der Waals surface area contributed by atoms with Gasteiger partial charge in [0.2, 0.25) is 0 Å². The molecule has 160 valence electrons. The predicted octanol–water partition coefficient (Wildman–Crippen LogP) is 2.40. The highest BCUT2D eigenvalue weighted by molar-refractivity contribution is 7.87. The van der Waals surface area contributed by atoms with Crippen LogP contribution in [0.5, 0.6) is 0 Å². The van der Waals surface area contributed by atoms with Gasteiger partial charge in [-0.25, -0.2) is 0 Å². The van der Waals surface area contributed by atoms with Gasteiger partial charge in [0.05, 0.1) is 16.3 Å². The molecule has 2 rings (SSSR count). The Labute approximate surface area is 168 Å². The van der Waals surface area contributed by atoms with Crippen molar-refractivity contribution >= 4 is 52.5 Å². The molecule has 3 N–H and O–H groups in total. The molecule has 0 aliphatic heterocycles. The average molecular weight is 466 g/mol. The molecule has 0 atom stereocenters. The Morgan fingerprint density at radius 2 is 1.55 bits per heavy atom. The molecule has 13 heteroatoms. The van der Waals surface area contributed by atoms with Crippen LogP contribution in [-0.4, -0.2) is 50.4 Å². The summed E-state index contributed by atoms with van der Waals surface area (Å²) < 4.78 is 95.4. The summed E-state index contributed by atoms with van der Waals surface area (Å²) in [6, 6.07) is 4.53. The van der Waals surface area contributed by atoms with Crippen molar-refractivity contribution in [3.8, 4) is 0 Å². The Kier molecular flexibility index (Phi) is 6.52. The van der Waals surface area contributed by atoms with Crippen molar-refractivity contribution in [2.75, 3.05) is 5.75 Å². The van der Waals surface area contributed by atoms with Gasteiger partial charge in [-0.3, -0.25) is 18.7 Å². The van der Waals surface area contributed by atoms with Crippen LogP contribution in [0, 0.1) is 6.92 Å². The van der Waals surface area contributed by atoms with Crippen LogP contribution < -0.4 is 0 Å². The van der Waals surface area contributed by atoms with Crippen LogP contribution in [0.15, 0.2) is 39.0 Å². The number of fused-ring (bicyclic) bond motifs is 1. The molecule has 0 heterocycles. The standard InChI is InChI=1S/C16H19NO9S3/c1-10(4-3-7-27(18,19)20)17-15-6-5-13-14(11(15)2)8-12(28(21,22)23)9-16(13)29(24,25)26/h5-6,8-9H,3-4,7H2,1-2H3,(H,18,19,20)(H,21,22,23)(H,24,25,26)/b17-10-. The molecule has 2 aromatic rings. The number of benzene rings is 2. The second-order valence-electron chi connectivity index (χ2n) is 6.41. The minimum atomic E-state index is -4.78. The summed E-state index contributed by atoms with van der Waals surface area (Å²) in [6.07, 6.45) is 0.402. The van der Waals surface area contributed by atoms with E-state index in [4.69, 9.17) is 4.55 Å². The summed E-state index contributed by atoms with van der Waals surface area (Å²) >= 11 is 0. The van der Waals surface area contributed by atoms with E-state index >= 15 is 0 Å². The highest BCUT2D eigenvalue weighted by Crippen LogP contribution is 2.34. The molecule has 0 spiro atoms. The van der Waals surface area contributed by atoms with Crippen molar-refractivity contribution in [2.45, 2.75) is 36.5 Å². The van der Waals surface area contributed by atoms with Gasteiger partial charge < -0.3 is 0 Å². The summed E-state index contributed by atoms with van der Waals surface area (Å²) in [5.74, 6) is -0.425. The lowest BCUT2D eigenvalue weighted by Gasteiger charge is -2.11. The largest absolute Gasteiger partial charge is 0.295 e. The van der Waals surface area contributed by atoms with Crippen molar-refractivity contribution in [3.05, 3.63) is 29.8 Å². The third-order valence-electron chi connectivity index (χ3n) is 4.14. The number of aryl methyl sites for hydroxylation is 1. The lowest BCUT2D eigenvalue weighted by molar-refractivity contribution is 0.478. The second kappa shape index (κ2) is 8.08. The molecule has 0 bridgehead atoms. The minimum Gasteiger partial charge on any atom is -0.286 e. The molecule has 0 saturated carbocycles. The van der Waals surface area contributed by atoms with Gasteiger partial charge in [-0.1, -0.05) is 6.07 Å². The van der Waals surface area contributed by atoms with Crippen LogP contribution in [0.4, 0.5) is 5.69 Å². The zero-order valence-corrected chi connectivity index (χ0v) is 17.8. The van der Waals surface area contributed by atoms with Crippen molar-refractivity contribution in [2.24, 2.45) is 4.99 Å². The molecule has 0 aliphatic carbocycles. The number of rotatable bonds is 7. The first-order valence-corrected chi connectivity index (χ1v) is 12.6. The van der Waals surface area contributed by atoms with Crippen molar-refractivity contribution in [3.63, 3.8) is 0 Å². The molecular weight excluding hydrogens is 446 g/mol. The molecule has 0 amide bonds. The lowest BCUT2D eigenvalue weighted by Crippen LogP contribution is -2.05. The molecule has 0 saturated heterocycles. The Hall–Kier alpha value is -1.90. The SMILES string of the molecule is C/C(CCCS(=O)(=O)O)=N/c1ccc2c(S(=O)(=O)O)cc(S(=O)(=O)O)cc2c1C. The average Bonchev–Trinajstić information content (AvgIpc) is 2.53. The highest BCUT2D eigenvalue weighted by atomic mass is 32.2. The van der Waals surface area contributed by atoms with E-state index < -0.39 is 45.9 Å². The first kappa shape index (κ1) is 23.4. The lowest BCUT2D eigenvalue weighted by atomic mass is 10.0. The third kappa shape index (κ3) is 6.04. The topological polar surface area (TPSA) is 175 Å². The number of aliphatic imine (C=N–C) groups is 1. The maximum absolute atomic E-state index is 11.7. The van der Waals surface area contributed by atoms with Gasteiger partial charge in [0.1, 0.15) is 4.90 Å². The van der Waals surface area contributed by atoms with Crippen LogP contribution in [-0.2, 0) is 30.4 Å². The fourth-order valence-corrected chi connectivity index (χ4v) is 4.61. The van der Waals surface area contributed by atoms with Gasteiger partial charge >= 0.3 is 0 Å². The molecule has 0 unspecified atom stereocenters. The first-order valence-electron chi connectivity index (χ1n) is 8.11. The predicted molar refractivity (Wildman–Crippen MR) is 107 cm³/mol. The van der Waals surface area contributed by atoms with Crippen LogP contribution in [0.1, 0.15) is 25.3 Å². The van der Waals surface area contributed by atoms with Crippen molar-refractivity contribution in [1.82, 2.24) is 0 Å². The summed E-state index contributed by atoms with van der Waals surface area (Å²) in [4.78, 5) is 2.95.